The number of aryl methyl sites for hydroxylation is 1. The van der Waals surface area contributed by atoms with E-state index in [-0.39, 0.29) is 11.8 Å². The standard InChI is InChI=1S/C19H30BNO3/c1-13-10-9-11-14(12-13)15(21-16(22)17(2,3)4)20-23-18(5,6)19(7,8)24-20/h9-12,15H,1-8H3,(H,21,22)/t15-/m0/s1. The first kappa shape index (κ1) is 19.0. The first-order valence-electron chi connectivity index (χ1n) is 8.57. The smallest absolute Gasteiger partial charge is 0.402 e. The van der Waals surface area contributed by atoms with E-state index in [0.29, 0.717) is 0 Å². The summed E-state index contributed by atoms with van der Waals surface area (Å²) in [5, 5.41) is 3.13. The Morgan fingerprint density at radius 1 is 1.12 bits per heavy atom. The first-order chi connectivity index (χ1) is 10.8. The third-order valence-electron chi connectivity index (χ3n) is 4.91. The van der Waals surface area contributed by atoms with Crippen LogP contribution in [0.25, 0.3) is 0 Å². The average molecular weight is 331 g/mol. The van der Waals surface area contributed by atoms with Crippen LogP contribution in [0.1, 0.15) is 65.5 Å². The van der Waals surface area contributed by atoms with Crippen molar-refractivity contribution < 1.29 is 14.1 Å². The maximum absolute atomic E-state index is 12.6. The van der Waals surface area contributed by atoms with Crippen molar-refractivity contribution in [3.8, 4) is 0 Å². The minimum absolute atomic E-state index is 0.0243. The summed E-state index contributed by atoms with van der Waals surface area (Å²) in [5.74, 6) is -0.374. The molecule has 1 aromatic carbocycles. The third kappa shape index (κ3) is 3.84. The lowest BCUT2D eigenvalue weighted by atomic mass is 9.73. The highest BCUT2D eigenvalue weighted by molar-refractivity contribution is 6.47. The number of carbonyl (C=O) groups excluding carboxylic acids is 1. The Labute approximate surface area is 146 Å². The molecule has 1 heterocycles. The molecule has 0 bridgehead atoms. The first-order valence-corrected chi connectivity index (χ1v) is 8.57. The van der Waals surface area contributed by atoms with Crippen LogP contribution in [0.5, 0.6) is 0 Å². The maximum Gasteiger partial charge on any atom is 0.486 e. The van der Waals surface area contributed by atoms with Gasteiger partial charge in [0.2, 0.25) is 5.91 Å². The van der Waals surface area contributed by atoms with Gasteiger partial charge in [0.15, 0.2) is 0 Å². The summed E-state index contributed by atoms with van der Waals surface area (Å²) in [6.07, 6.45) is 0. The lowest BCUT2D eigenvalue weighted by molar-refractivity contribution is -0.129. The predicted molar refractivity (Wildman–Crippen MR) is 97.6 cm³/mol. The zero-order chi connectivity index (χ0) is 18.3. The highest BCUT2D eigenvalue weighted by Crippen LogP contribution is 2.40. The molecule has 5 heteroatoms. The SMILES string of the molecule is Cc1cccc([C@H](NC(=O)C(C)(C)C)B2OC(C)(C)C(C)(C)O2)c1. The molecule has 0 spiro atoms. The number of benzene rings is 1. The summed E-state index contributed by atoms with van der Waals surface area (Å²) in [5.41, 5.74) is 0.773. The zero-order valence-electron chi connectivity index (χ0n) is 16.2. The van der Waals surface area contributed by atoms with Crippen molar-refractivity contribution >= 4 is 13.0 Å². The van der Waals surface area contributed by atoms with Crippen LogP contribution < -0.4 is 5.32 Å². The van der Waals surface area contributed by atoms with Gasteiger partial charge in [-0.05, 0) is 40.2 Å². The van der Waals surface area contributed by atoms with E-state index in [1.807, 2.05) is 73.6 Å². The van der Waals surface area contributed by atoms with Gasteiger partial charge in [0.25, 0.3) is 0 Å². The summed E-state index contributed by atoms with van der Waals surface area (Å²) in [4.78, 5) is 12.6. The number of carbonyl (C=O) groups is 1. The van der Waals surface area contributed by atoms with E-state index in [9.17, 15) is 4.79 Å². The van der Waals surface area contributed by atoms with Crippen molar-refractivity contribution in [2.75, 3.05) is 0 Å². The fourth-order valence-electron chi connectivity index (χ4n) is 2.55. The molecule has 2 rings (SSSR count). The van der Waals surface area contributed by atoms with Gasteiger partial charge in [-0.15, -0.1) is 0 Å². The molecule has 1 aliphatic rings. The number of rotatable bonds is 3. The second-order valence-corrected chi connectivity index (χ2v) is 8.74. The van der Waals surface area contributed by atoms with E-state index in [4.69, 9.17) is 9.31 Å². The molecule has 0 radical (unpaired) electrons. The molecule has 0 aliphatic carbocycles. The van der Waals surface area contributed by atoms with E-state index in [2.05, 4.69) is 11.4 Å². The van der Waals surface area contributed by atoms with E-state index in [0.717, 1.165) is 11.1 Å². The summed E-state index contributed by atoms with van der Waals surface area (Å²) >= 11 is 0. The van der Waals surface area contributed by atoms with Gasteiger partial charge < -0.3 is 14.6 Å². The molecule has 1 atom stereocenters. The van der Waals surface area contributed by atoms with Crippen molar-refractivity contribution in [3.63, 3.8) is 0 Å². The Kier molecular flexibility index (Phi) is 4.91. The number of nitrogens with one attached hydrogen (secondary N) is 1. The fraction of sp³-hybridized carbons (Fsp3) is 0.632. The molecule has 4 nitrogen and oxygen atoms in total. The fourth-order valence-corrected chi connectivity index (χ4v) is 2.55. The Balaban J connectivity index is 2.36. The monoisotopic (exact) mass is 331 g/mol. The number of amides is 1. The van der Waals surface area contributed by atoms with Crippen LogP contribution in [-0.4, -0.2) is 24.2 Å². The highest BCUT2D eigenvalue weighted by atomic mass is 16.7. The van der Waals surface area contributed by atoms with Crippen molar-refractivity contribution in [3.05, 3.63) is 35.4 Å². The number of hydrogen-bond acceptors (Lipinski definition) is 3. The van der Waals surface area contributed by atoms with Gasteiger partial charge >= 0.3 is 7.12 Å². The lowest BCUT2D eigenvalue weighted by Crippen LogP contribution is -2.45. The van der Waals surface area contributed by atoms with E-state index >= 15 is 0 Å². The Morgan fingerprint density at radius 2 is 1.67 bits per heavy atom. The Hall–Kier alpha value is -1.33. The van der Waals surface area contributed by atoms with E-state index in [1.165, 1.54) is 0 Å². The van der Waals surface area contributed by atoms with Crippen molar-refractivity contribution in [1.82, 2.24) is 5.32 Å². The van der Waals surface area contributed by atoms with Crippen LogP contribution in [0.2, 0.25) is 0 Å². The van der Waals surface area contributed by atoms with Gasteiger partial charge in [-0.25, -0.2) is 0 Å². The van der Waals surface area contributed by atoms with Gasteiger partial charge in [-0.3, -0.25) is 4.79 Å². The largest absolute Gasteiger partial charge is 0.486 e. The molecule has 0 saturated carbocycles. The molecule has 1 N–H and O–H groups in total. The van der Waals surface area contributed by atoms with Crippen molar-refractivity contribution in [2.45, 2.75) is 72.5 Å². The van der Waals surface area contributed by atoms with Crippen LogP contribution in [-0.2, 0) is 14.1 Å². The molecule has 1 saturated heterocycles. The van der Waals surface area contributed by atoms with Crippen molar-refractivity contribution in [2.24, 2.45) is 5.41 Å². The Bertz CT molecular complexity index is 603. The molecule has 1 aromatic rings. The predicted octanol–water partition coefficient (Wildman–Crippen LogP) is 3.83. The van der Waals surface area contributed by atoms with Gasteiger partial charge in [-0.2, -0.15) is 0 Å². The van der Waals surface area contributed by atoms with Crippen LogP contribution in [0.15, 0.2) is 24.3 Å². The molecule has 0 aromatic heterocycles. The minimum Gasteiger partial charge on any atom is -0.402 e. The number of hydrogen-bond donors (Lipinski definition) is 1. The zero-order valence-corrected chi connectivity index (χ0v) is 16.2. The van der Waals surface area contributed by atoms with Crippen molar-refractivity contribution in [1.29, 1.82) is 0 Å². The van der Waals surface area contributed by atoms with E-state index in [1.54, 1.807) is 0 Å². The second-order valence-electron chi connectivity index (χ2n) is 8.74. The molecular formula is C19H30BNO3. The molecule has 1 aliphatic heterocycles. The van der Waals surface area contributed by atoms with Crippen LogP contribution in [0.4, 0.5) is 0 Å². The topological polar surface area (TPSA) is 47.6 Å². The van der Waals surface area contributed by atoms with Gasteiger partial charge in [0, 0.05) is 5.41 Å². The van der Waals surface area contributed by atoms with Gasteiger partial charge in [0.1, 0.15) is 0 Å². The highest BCUT2D eigenvalue weighted by Gasteiger charge is 2.54. The maximum atomic E-state index is 12.6. The van der Waals surface area contributed by atoms with Crippen LogP contribution in [0.3, 0.4) is 0 Å². The quantitative estimate of drug-likeness (QED) is 0.857. The Morgan fingerprint density at radius 3 is 2.12 bits per heavy atom. The lowest BCUT2D eigenvalue weighted by Gasteiger charge is -2.32. The molecular weight excluding hydrogens is 301 g/mol. The summed E-state index contributed by atoms with van der Waals surface area (Å²) in [6, 6.07) is 8.10. The normalized spacial score (nSPS) is 20.8. The second kappa shape index (κ2) is 6.19. The van der Waals surface area contributed by atoms with Crippen LogP contribution >= 0.6 is 0 Å². The van der Waals surface area contributed by atoms with Gasteiger partial charge in [-0.1, -0.05) is 50.6 Å². The van der Waals surface area contributed by atoms with Gasteiger partial charge in [0.05, 0.1) is 17.1 Å². The van der Waals surface area contributed by atoms with Crippen LogP contribution in [0, 0.1) is 12.3 Å². The van der Waals surface area contributed by atoms with E-state index < -0.39 is 23.7 Å². The molecule has 1 fully saturated rings. The summed E-state index contributed by atoms with van der Waals surface area (Å²) < 4.78 is 12.4. The third-order valence-corrected chi connectivity index (χ3v) is 4.91. The molecule has 1 amide bonds. The minimum atomic E-state index is -0.525. The summed E-state index contributed by atoms with van der Waals surface area (Å²) in [6.45, 7) is 15.8. The molecule has 0 unspecified atom stereocenters. The molecule has 132 valence electrons. The molecule has 24 heavy (non-hydrogen) atoms. The average Bonchev–Trinajstić information content (AvgIpc) is 2.63. The summed E-state index contributed by atoms with van der Waals surface area (Å²) in [7, 11) is -0.525.